The summed E-state index contributed by atoms with van der Waals surface area (Å²) in [7, 11) is 1.83. The molecule has 0 saturated carbocycles. The van der Waals surface area contributed by atoms with Crippen LogP contribution >= 0.6 is 0 Å². The number of hydrogen-bond acceptors (Lipinski definition) is 5. The fourth-order valence-corrected chi connectivity index (χ4v) is 3.02. The number of allylic oxidation sites excluding steroid dienone is 2. The molecule has 6 nitrogen and oxygen atoms in total. The molecule has 1 aromatic heterocycles. The molecule has 0 spiro atoms. The van der Waals surface area contributed by atoms with Crippen molar-refractivity contribution in [3.63, 3.8) is 0 Å². The molecule has 2 heterocycles. The number of esters is 2. The van der Waals surface area contributed by atoms with Crippen molar-refractivity contribution in [2.75, 3.05) is 20.3 Å². The highest BCUT2D eigenvalue weighted by Gasteiger charge is 2.42. The Labute approximate surface area is 148 Å². The maximum atomic E-state index is 12.7. The van der Waals surface area contributed by atoms with Gasteiger partial charge in [-0.1, -0.05) is 6.07 Å². The summed E-state index contributed by atoms with van der Waals surface area (Å²) in [4.78, 5) is 30.3. The molecule has 134 valence electrons. The third-order valence-corrected chi connectivity index (χ3v) is 4.40. The van der Waals surface area contributed by atoms with Gasteiger partial charge in [-0.3, -0.25) is 0 Å². The number of H-pyrrole nitrogens is 1. The van der Waals surface area contributed by atoms with Gasteiger partial charge in [-0.2, -0.15) is 0 Å². The Morgan fingerprint density at radius 1 is 1.04 bits per heavy atom. The van der Waals surface area contributed by atoms with Crippen LogP contribution in [0.4, 0.5) is 0 Å². The van der Waals surface area contributed by atoms with Gasteiger partial charge < -0.3 is 14.4 Å². The normalized spacial score (nSPS) is 15.5. The Kier molecular flexibility index (Phi) is 5.96. The number of hydrogen-bond donors (Lipinski definition) is 0. The molecule has 0 atom stereocenters. The average Bonchev–Trinajstić information content (AvgIpc) is 2.60. The van der Waals surface area contributed by atoms with Gasteiger partial charge in [0.15, 0.2) is 11.9 Å². The van der Waals surface area contributed by atoms with Crippen LogP contribution < -0.4 is 4.98 Å². The van der Waals surface area contributed by atoms with E-state index >= 15 is 0 Å². The molecule has 6 heteroatoms. The summed E-state index contributed by atoms with van der Waals surface area (Å²) in [5.41, 5.74) is 3.14. The third-order valence-electron chi connectivity index (χ3n) is 4.40. The number of aromatic nitrogens is 1. The molecule has 0 unspecified atom stereocenters. The van der Waals surface area contributed by atoms with Crippen molar-refractivity contribution in [3.05, 3.63) is 52.6 Å². The van der Waals surface area contributed by atoms with Crippen molar-refractivity contribution >= 4 is 11.9 Å². The maximum absolute atomic E-state index is 12.7. The highest BCUT2D eigenvalue weighted by Crippen LogP contribution is 2.40. The lowest BCUT2D eigenvalue weighted by Crippen LogP contribution is -2.35. The number of pyridine rings is 1. The summed E-state index contributed by atoms with van der Waals surface area (Å²) in [6.45, 7) is 7.76. The van der Waals surface area contributed by atoms with Crippen LogP contribution in [0, 0.1) is 0 Å². The van der Waals surface area contributed by atoms with E-state index in [1.807, 2.05) is 44.0 Å². The molecule has 0 bridgehead atoms. The van der Waals surface area contributed by atoms with Crippen LogP contribution in [0.5, 0.6) is 0 Å². The Bertz CT molecular complexity index is 680. The maximum Gasteiger partial charge on any atom is 0.336 e. The summed E-state index contributed by atoms with van der Waals surface area (Å²) in [6.07, 6.45) is 1.77. The van der Waals surface area contributed by atoms with Crippen LogP contribution in [0.15, 0.2) is 46.9 Å². The predicted molar refractivity (Wildman–Crippen MR) is 92.2 cm³/mol. The third kappa shape index (κ3) is 3.57. The van der Waals surface area contributed by atoms with Crippen molar-refractivity contribution in [1.29, 1.82) is 0 Å². The first-order valence-electron chi connectivity index (χ1n) is 8.40. The number of carbonyl (C=O) groups excluding carboxylic acids is 2. The topological polar surface area (TPSA) is 70.0 Å². The van der Waals surface area contributed by atoms with E-state index in [0.717, 1.165) is 17.1 Å². The molecule has 0 radical (unpaired) electrons. The van der Waals surface area contributed by atoms with Gasteiger partial charge in [0.25, 0.3) is 0 Å². The van der Waals surface area contributed by atoms with Gasteiger partial charge in [0, 0.05) is 30.6 Å². The van der Waals surface area contributed by atoms with Crippen LogP contribution in [-0.4, -0.2) is 37.1 Å². The highest BCUT2D eigenvalue weighted by atomic mass is 16.5. The monoisotopic (exact) mass is 345 g/mol. The first kappa shape index (κ1) is 18.7. The number of carbonyl (C=O) groups is 2. The molecule has 0 saturated heterocycles. The lowest BCUT2D eigenvalue weighted by molar-refractivity contribution is -0.391. The lowest BCUT2D eigenvalue weighted by atomic mass is 9.82. The van der Waals surface area contributed by atoms with E-state index in [-0.39, 0.29) is 13.2 Å². The van der Waals surface area contributed by atoms with E-state index in [2.05, 4.69) is 4.98 Å². The fourth-order valence-electron chi connectivity index (χ4n) is 3.02. The van der Waals surface area contributed by atoms with Gasteiger partial charge in [0.1, 0.15) is 5.92 Å². The molecule has 0 amide bonds. The van der Waals surface area contributed by atoms with Crippen LogP contribution in [0.1, 0.15) is 39.3 Å². The lowest BCUT2D eigenvalue weighted by Gasteiger charge is -2.34. The van der Waals surface area contributed by atoms with E-state index < -0.39 is 17.9 Å². The zero-order valence-corrected chi connectivity index (χ0v) is 15.4. The molecular formula is C19H25N2O4+. The summed E-state index contributed by atoms with van der Waals surface area (Å²) >= 11 is 0. The second-order valence-electron chi connectivity index (χ2n) is 5.75. The van der Waals surface area contributed by atoms with E-state index in [1.165, 1.54) is 0 Å². The van der Waals surface area contributed by atoms with Crippen LogP contribution in [-0.2, 0) is 19.1 Å². The minimum atomic E-state index is -0.560. The minimum Gasteiger partial charge on any atom is -0.463 e. The smallest absolute Gasteiger partial charge is 0.336 e. The predicted octanol–water partition coefficient (Wildman–Crippen LogP) is 2.20. The Balaban J connectivity index is 2.68. The highest BCUT2D eigenvalue weighted by molar-refractivity contribution is 5.99. The van der Waals surface area contributed by atoms with Crippen molar-refractivity contribution < 1.29 is 24.0 Å². The van der Waals surface area contributed by atoms with Crippen molar-refractivity contribution in [2.24, 2.45) is 0 Å². The Hall–Kier alpha value is -2.63. The van der Waals surface area contributed by atoms with Crippen molar-refractivity contribution in [1.82, 2.24) is 4.90 Å². The van der Waals surface area contributed by atoms with Gasteiger partial charge in [-0.05, 0) is 27.7 Å². The summed E-state index contributed by atoms with van der Waals surface area (Å²) in [6, 6.07) is 5.56. The molecule has 1 aliphatic rings. The molecule has 0 fully saturated rings. The number of rotatable bonds is 5. The number of ether oxygens (including phenoxy) is 2. The first-order chi connectivity index (χ1) is 11.9. The van der Waals surface area contributed by atoms with Crippen molar-refractivity contribution in [2.45, 2.75) is 33.6 Å². The molecule has 0 aliphatic carbocycles. The van der Waals surface area contributed by atoms with E-state index in [9.17, 15) is 9.59 Å². The van der Waals surface area contributed by atoms with Crippen LogP contribution in [0.2, 0.25) is 0 Å². The van der Waals surface area contributed by atoms with E-state index in [1.54, 1.807) is 20.0 Å². The Morgan fingerprint density at radius 3 is 1.96 bits per heavy atom. The SMILES string of the molecule is CCOC(=O)C1=C(C)N(C)C(C)=C(C(=O)OCC)C1c1cccc[nH+]1. The fraction of sp³-hybridized carbons (Fsp3) is 0.421. The second kappa shape index (κ2) is 7.96. The second-order valence-corrected chi connectivity index (χ2v) is 5.75. The minimum absolute atomic E-state index is 0.266. The molecule has 25 heavy (non-hydrogen) atoms. The first-order valence-corrected chi connectivity index (χ1v) is 8.40. The van der Waals surface area contributed by atoms with Crippen molar-refractivity contribution in [3.8, 4) is 0 Å². The average molecular weight is 345 g/mol. The molecule has 0 aromatic carbocycles. The van der Waals surface area contributed by atoms with Gasteiger partial charge in [0.2, 0.25) is 0 Å². The molecular weight excluding hydrogens is 320 g/mol. The van der Waals surface area contributed by atoms with E-state index in [4.69, 9.17) is 9.47 Å². The zero-order valence-electron chi connectivity index (χ0n) is 15.4. The van der Waals surface area contributed by atoms with Gasteiger partial charge in [-0.25, -0.2) is 14.6 Å². The van der Waals surface area contributed by atoms with Gasteiger partial charge in [0.05, 0.1) is 24.4 Å². The van der Waals surface area contributed by atoms with Crippen LogP contribution in [0.3, 0.4) is 0 Å². The largest absolute Gasteiger partial charge is 0.463 e. The van der Waals surface area contributed by atoms with Gasteiger partial charge in [-0.15, -0.1) is 0 Å². The number of nitrogens with one attached hydrogen (secondary N) is 1. The number of aromatic amines is 1. The quantitative estimate of drug-likeness (QED) is 0.765. The molecule has 1 aliphatic heterocycles. The van der Waals surface area contributed by atoms with Gasteiger partial charge >= 0.3 is 11.9 Å². The number of nitrogens with zero attached hydrogens (tertiary/aromatic N) is 1. The summed E-state index contributed by atoms with van der Waals surface area (Å²) in [5.74, 6) is -1.41. The van der Waals surface area contributed by atoms with E-state index in [0.29, 0.717) is 11.1 Å². The molecule has 2 rings (SSSR count). The zero-order chi connectivity index (χ0) is 18.6. The Morgan fingerprint density at radius 2 is 1.56 bits per heavy atom. The summed E-state index contributed by atoms with van der Waals surface area (Å²) in [5, 5.41) is 0. The molecule has 1 N–H and O–H groups in total. The standard InChI is InChI=1S/C19H24N2O4/c1-6-24-18(22)15-12(3)21(5)13(4)16(19(23)25-7-2)17(15)14-10-8-9-11-20-14/h8-11,17H,6-7H2,1-5H3/p+1. The summed E-state index contributed by atoms with van der Waals surface area (Å²) < 4.78 is 10.5. The van der Waals surface area contributed by atoms with Crippen LogP contribution in [0.25, 0.3) is 0 Å². The molecule has 1 aromatic rings.